The van der Waals surface area contributed by atoms with E-state index >= 15 is 0 Å². The Morgan fingerprint density at radius 1 is 1.27 bits per heavy atom. The van der Waals surface area contributed by atoms with Crippen LogP contribution in [0.25, 0.3) is 0 Å². The largest absolute Gasteiger partial charge is 0.377 e. The molecular formula is C20H26N4O2. The second-order valence-corrected chi connectivity index (χ2v) is 7.25. The normalized spacial score (nSPS) is 28.7. The van der Waals surface area contributed by atoms with Gasteiger partial charge in [-0.2, -0.15) is 0 Å². The van der Waals surface area contributed by atoms with E-state index in [-0.39, 0.29) is 11.7 Å². The third-order valence-corrected chi connectivity index (χ3v) is 5.56. The molecule has 3 atom stereocenters. The topological polar surface area (TPSA) is 59.5 Å². The molecule has 6 nitrogen and oxygen atoms in total. The van der Waals surface area contributed by atoms with Crippen LogP contribution in [0.2, 0.25) is 0 Å². The number of aromatic nitrogens is 2. The van der Waals surface area contributed by atoms with Gasteiger partial charge >= 0.3 is 0 Å². The molecule has 1 aromatic carbocycles. The number of rotatable bonds is 5. The van der Waals surface area contributed by atoms with Crippen LogP contribution < -0.4 is 5.32 Å². The lowest BCUT2D eigenvalue weighted by Crippen LogP contribution is -2.42. The number of benzene rings is 1. The van der Waals surface area contributed by atoms with Crippen LogP contribution in [0.4, 0.5) is 5.95 Å². The van der Waals surface area contributed by atoms with Crippen molar-refractivity contribution >= 4 is 5.95 Å². The van der Waals surface area contributed by atoms with Crippen molar-refractivity contribution in [3.8, 4) is 0 Å². The van der Waals surface area contributed by atoms with Crippen molar-refractivity contribution in [1.29, 1.82) is 0 Å². The second-order valence-electron chi connectivity index (χ2n) is 7.25. The van der Waals surface area contributed by atoms with Crippen molar-refractivity contribution in [2.75, 3.05) is 39.2 Å². The maximum Gasteiger partial charge on any atom is 0.222 e. The van der Waals surface area contributed by atoms with Crippen LogP contribution in [0.5, 0.6) is 0 Å². The van der Waals surface area contributed by atoms with Crippen LogP contribution in [-0.2, 0) is 16.0 Å². The van der Waals surface area contributed by atoms with Gasteiger partial charge in [0.2, 0.25) is 5.95 Å². The number of nitrogens with zero attached hydrogens (tertiary/aromatic N) is 3. The smallest absolute Gasteiger partial charge is 0.222 e. The van der Waals surface area contributed by atoms with Crippen molar-refractivity contribution in [3.05, 3.63) is 53.9 Å². The summed E-state index contributed by atoms with van der Waals surface area (Å²) in [6.45, 7) is 3.32. The van der Waals surface area contributed by atoms with Gasteiger partial charge in [0.1, 0.15) is 5.60 Å². The molecule has 2 aliphatic rings. The van der Waals surface area contributed by atoms with Crippen LogP contribution in [0.1, 0.15) is 23.5 Å². The molecule has 0 amide bonds. The van der Waals surface area contributed by atoms with Gasteiger partial charge in [-0.25, -0.2) is 9.97 Å². The van der Waals surface area contributed by atoms with Crippen molar-refractivity contribution in [2.45, 2.75) is 30.6 Å². The lowest BCUT2D eigenvalue weighted by Gasteiger charge is -2.28. The van der Waals surface area contributed by atoms with Crippen LogP contribution in [0, 0.1) is 0 Å². The van der Waals surface area contributed by atoms with Gasteiger partial charge in [0.15, 0.2) is 0 Å². The Hall–Kier alpha value is -2.02. The molecule has 1 N–H and O–H groups in total. The number of methoxy groups -OCH3 is 1. The average molecular weight is 354 g/mol. The molecule has 1 spiro atoms. The summed E-state index contributed by atoms with van der Waals surface area (Å²) >= 11 is 0. The SMILES string of the molecule is CNc1ncc(CN2C[C@@H](OC)[C@@]3(C[C@@H](c4ccccc4)CO3)C2)cn1. The van der Waals surface area contributed by atoms with Gasteiger partial charge < -0.3 is 14.8 Å². The van der Waals surface area contributed by atoms with E-state index in [0.717, 1.165) is 38.2 Å². The number of ether oxygens (including phenoxy) is 2. The molecule has 26 heavy (non-hydrogen) atoms. The van der Waals surface area contributed by atoms with E-state index in [9.17, 15) is 0 Å². The summed E-state index contributed by atoms with van der Waals surface area (Å²) in [6.07, 6.45) is 4.86. The summed E-state index contributed by atoms with van der Waals surface area (Å²) in [4.78, 5) is 11.0. The first kappa shape index (κ1) is 17.4. The first-order valence-corrected chi connectivity index (χ1v) is 9.15. The maximum atomic E-state index is 6.37. The molecule has 4 rings (SSSR count). The predicted molar refractivity (Wildman–Crippen MR) is 100 cm³/mol. The monoisotopic (exact) mass is 354 g/mol. The number of likely N-dealkylation sites (tertiary alicyclic amines) is 1. The number of anilines is 1. The molecule has 0 unspecified atom stereocenters. The van der Waals surface area contributed by atoms with Crippen LogP contribution in [-0.4, -0.2) is 60.4 Å². The summed E-state index contributed by atoms with van der Waals surface area (Å²) < 4.78 is 12.2. The van der Waals surface area contributed by atoms with E-state index < -0.39 is 0 Å². The molecule has 0 bridgehead atoms. The summed E-state index contributed by atoms with van der Waals surface area (Å²) in [6, 6.07) is 10.7. The highest BCUT2D eigenvalue weighted by atomic mass is 16.6. The van der Waals surface area contributed by atoms with Gasteiger partial charge in [0.05, 0.1) is 12.7 Å². The molecule has 1 aromatic heterocycles. The Balaban J connectivity index is 1.45. The van der Waals surface area contributed by atoms with Crippen molar-refractivity contribution in [2.24, 2.45) is 0 Å². The van der Waals surface area contributed by atoms with Crippen molar-refractivity contribution in [1.82, 2.24) is 14.9 Å². The minimum Gasteiger partial charge on any atom is -0.377 e. The van der Waals surface area contributed by atoms with Crippen LogP contribution >= 0.6 is 0 Å². The fourth-order valence-electron chi connectivity index (χ4n) is 4.25. The molecule has 0 radical (unpaired) electrons. The van der Waals surface area contributed by atoms with E-state index in [1.54, 1.807) is 7.11 Å². The second kappa shape index (κ2) is 7.31. The Morgan fingerprint density at radius 2 is 2.04 bits per heavy atom. The van der Waals surface area contributed by atoms with E-state index in [2.05, 4.69) is 50.5 Å². The van der Waals surface area contributed by atoms with E-state index in [4.69, 9.17) is 9.47 Å². The summed E-state index contributed by atoms with van der Waals surface area (Å²) in [5, 5.41) is 2.95. The summed E-state index contributed by atoms with van der Waals surface area (Å²) in [5.41, 5.74) is 2.24. The van der Waals surface area contributed by atoms with Gasteiger partial charge in [-0.05, 0) is 12.0 Å². The number of hydrogen-bond donors (Lipinski definition) is 1. The summed E-state index contributed by atoms with van der Waals surface area (Å²) in [7, 11) is 3.61. The third-order valence-electron chi connectivity index (χ3n) is 5.56. The quantitative estimate of drug-likeness (QED) is 0.889. The summed E-state index contributed by atoms with van der Waals surface area (Å²) in [5.74, 6) is 1.08. The molecule has 2 fully saturated rings. The fraction of sp³-hybridized carbons (Fsp3) is 0.500. The Kier molecular flexibility index (Phi) is 4.89. The first-order chi connectivity index (χ1) is 12.7. The Bertz CT molecular complexity index is 724. The first-order valence-electron chi connectivity index (χ1n) is 9.15. The van der Waals surface area contributed by atoms with Crippen molar-refractivity contribution < 1.29 is 9.47 Å². The molecule has 2 saturated heterocycles. The van der Waals surface area contributed by atoms with E-state index in [0.29, 0.717) is 11.9 Å². The van der Waals surface area contributed by atoms with E-state index in [1.807, 2.05) is 19.4 Å². The minimum atomic E-state index is -0.221. The zero-order chi connectivity index (χ0) is 18.0. The molecule has 0 aliphatic carbocycles. The Morgan fingerprint density at radius 3 is 2.73 bits per heavy atom. The zero-order valence-electron chi connectivity index (χ0n) is 15.4. The molecule has 6 heteroatoms. The molecule has 2 aromatic rings. The molecule has 138 valence electrons. The lowest BCUT2D eigenvalue weighted by atomic mass is 9.87. The van der Waals surface area contributed by atoms with Gasteiger partial charge in [0.25, 0.3) is 0 Å². The fourth-order valence-corrected chi connectivity index (χ4v) is 4.25. The van der Waals surface area contributed by atoms with Crippen LogP contribution in [0.15, 0.2) is 42.7 Å². The highest BCUT2D eigenvalue weighted by Crippen LogP contribution is 2.43. The van der Waals surface area contributed by atoms with Gasteiger partial charge in [0, 0.05) is 57.7 Å². The van der Waals surface area contributed by atoms with Crippen LogP contribution in [0.3, 0.4) is 0 Å². The molecule has 2 aliphatic heterocycles. The van der Waals surface area contributed by atoms with Gasteiger partial charge in [-0.3, -0.25) is 4.90 Å². The average Bonchev–Trinajstić information content (AvgIpc) is 3.27. The number of hydrogen-bond acceptors (Lipinski definition) is 6. The van der Waals surface area contributed by atoms with E-state index in [1.165, 1.54) is 5.56 Å². The number of nitrogens with one attached hydrogen (secondary N) is 1. The Labute approximate surface area is 154 Å². The highest BCUT2D eigenvalue weighted by molar-refractivity contribution is 5.24. The predicted octanol–water partition coefficient (Wildman–Crippen LogP) is 2.29. The maximum absolute atomic E-state index is 6.37. The zero-order valence-corrected chi connectivity index (χ0v) is 15.4. The minimum absolute atomic E-state index is 0.0914. The van der Waals surface area contributed by atoms with Crippen molar-refractivity contribution in [3.63, 3.8) is 0 Å². The molecule has 3 heterocycles. The van der Waals surface area contributed by atoms with Gasteiger partial charge in [-0.15, -0.1) is 0 Å². The molecule has 0 saturated carbocycles. The lowest BCUT2D eigenvalue weighted by molar-refractivity contribution is -0.0757. The standard InChI is InChI=1S/C20H26N4O2/c1-21-19-22-9-15(10-23-19)11-24-12-18(25-2)20(14-24)8-17(13-26-20)16-6-4-3-5-7-16/h3-7,9-10,17-18H,8,11-14H2,1-2H3,(H,21,22,23)/t17-,18-,20-/m1/s1. The highest BCUT2D eigenvalue weighted by Gasteiger charge is 2.52. The molecular weight excluding hydrogens is 328 g/mol. The third kappa shape index (κ3) is 3.32. The van der Waals surface area contributed by atoms with Gasteiger partial charge in [-0.1, -0.05) is 30.3 Å².